The highest BCUT2D eigenvalue weighted by atomic mass is 35.5. The van der Waals surface area contributed by atoms with E-state index in [1.807, 2.05) is 0 Å². The Labute approximate surface area is 97.8 Å². The lowest BCUT2D eigenvalue weighted by atomic mass is 9.73. The Morgan fingerprint density at radius 3 is 2.29 bits per heavy atom. The van der Waals surface area contributed by atoms with E-state index in [-0.39, 0.29) is 30.9 Å². The van der Waals surface area contributed by atoms with Gasteiger partial charge >= 0.3 is 0 Å². The van der Waals surface area contributed by atoms with Crippen LogP contribution in [0.2, 0.25) is 0 Å². The van der Waals surface area contributed by atoms with Crippen LogP contribution in [0.1, 0.15) is 19.3 Å². The highest BCUT2D eigenvalue weighted by Crippen LogP contribution is 2.35. The van der Waals surface area contributed by atoms with E-state index in [4.69, 9.17) is 0 Å². The zero-order chi connectivity index (χ0) is 8.44. The Morgan fingerprint density at radius 2 is 1.71 bits per heavy atom. The molecule has 5 heteroatoms. The van der Waals surface area contributed by atoms with Crippen molar-refractivity contribution in [3.8, 4) is 0 Å². The maximum absolute atomic E-state index is 9.54. The molecule has 1 unspecified atom stereocenters. The number of aliphatic hydroxyl groups excluding tert-OH is 1. The van der Waals surface area contributed by atoms with Crippen LogP contribution in [0, 0.1) is 5.41 Å². The summed E-state index contributed by atoms with van der Waals surface area (Å²) in [6.45, 7) is 4.13. The molecule has 2 saturated heterocycles. The molecule has 86 valence electrons. The van der Waals surface area contributed by atoms with Crippen molar-refractivity contribution >= 4 is 24.8 Å². The van der Waals surface area contributed by atoms with Crippen LogP contribution < -0.4 is 10.6 Å². The molecular formula is C9H20Cl2N2O. The molecule has 2 aliphatic rings. The van der Waals surface area contributed by atoms with Crippen molar-refractivity contribution < 1.29 is 5.11 Å². The average Bonchev–Trinajstić information content (AvgIpc) is 2.05. The Bertz CT molecular complexity index is 157. The molecule has 14 heavy (non-hydrogen) atoms. The number of halogens is 2. The maximum Gasteiger partial charge on any atom is 0.0670 e. The lowest BCUT2D eigenvalue weighted by Gasteiger charge is -2.42. The van der Waals surface area contributed by atoms with E-state index in [9.17, 15) is 5.11 Å². The van der Waals surface area contributed by atoms with Gasteiger partial charge in [0, 0.05) is 13.1 Å². The summed E-state index contributed by atoms with van der Waals surface area (Å²) in [4.78, 5) is 0. The molecule has 2 heterocycles. The van der Waals surface area contributed by atoms with Crippen LogP contribution in [0.3, 0.4) is 0 Å². The van der Waals surface area contributed by atoms with Crippen molar-refractivity contribution in [2.24, 2.45) is 5.41 Å². The van der Waals surface area contributed by atoms with Crippen LogP contribution in [-0.4, -0.2) is 37.4 Å². The maximum atomic E-state index is 9.54. The second kappa shape index (κ2) is 6.13. The number of β-amino-alcohol motifs (C(OH)–C–C–N with tert-alkyl or cyclic N) is 1. The van der Waals surface area contributed by atoms with Crippen molar-refractivity contribution in [2.45, 2.75) is 25.4 Å². The zero-order valence-electron chi connectivity index (χ0n) is 8.29. The number of rotatable bonds is 0. The fraction of sp³-hybridized carbons (Fsp3) is 1.00. The molecule has 2 rings (SSSR count). The van der Waals surface area contributed by atoms with Gasteiger partial charge in [0.1, 0.15) is 0 Å². The van der Waals surface area contributed by atoms with Gasteiger partial charge in [0.05, 0.1) is 6.10 Å². The molecule has 0 bridgehead atoms. The molecule has 2 aliphatic heterocycles. The van der Waals surface area contributed by atoms with Gasteiger partial charge in [-0.1, -0.05) is 0 Å². The molecule has 0 aliphatic carbocycles. The standard InChI is InChI=1S/C9H18N2O.2ClH/c12-8-5-9(7-11-6-8)1-3-10-4-2-9;;/h8,10-12H,1-7H2;2*1H. The molecule has 0 radical (unpaired) electrons. The van der Waals surface area contributed by atoms with Gasteiger partial charge in [-0.3, -0.25) is 0 Å². The first-order valence-electron chi connectivity index (χ1n) is 4.90. The number of hydrogen-bond acceptors (Lipinski definition) is 3. The Balaban J connectivity index is 0.000000845. The minimum Gasteiger partial charge on any atom is -0.392 e. The minimum absolute atomic E-state index is 0. The largest absolute Gasteiger partial charge is 0.392 e. The fourth-order valence-corrected chi connectivity index (χ4v) is 2.49. The normalized spacial score (nSPS) is 30.2. The van der Waals surface area contributed by atoms with Crippen LogP contribution in [0.4, 0.5) is 0 Å². The van der Waals surface area contributed by atoms with Crippen molar-refractivity contribution in [1.29, 1.82) is 0 Å². The molecule has 2 fully saturated rings. The van der Waals surface area contributed by atoms with Gasteiger partial charge in [-0.2, -0.15) is 0 Å². The molecule has 1 spiro atoms. The summed E-state index contributed by atoms with van der Waals surface area (Å²) in [5, 5.41) is 16.2. The summed E-state index contributed by atoms with van der Waals surface area (Å²) in [5.74, 6) is 0. The minimum atomic E-state index is -0.114. The lowest BCUT2D eigenvalue weighted by molar-refractivity contribution is 0.0417. The van der Waals surface area contributed by atoms with E-state index in [0.717, 1.165) is 32.6 Å². The summed E-state index contributed by atoms with van der Waals surface area (Å²) in [6, 6.07) is 0. The third kappa shape index (κ3) is 3.24. The predicted octanol–water partition coefficient (Wildman–Crippen LogP) is 0.554. The van der Waals surface area contributed by atoms with Crippen molar-refractivity contribution in [3.63, 3.8) is 0 Å². The summed E-state index contributed by atoms with van der Waals surface area (Å²) in [6.07, 6.45) is 3.33. The van der Waals surface area contributed by atoms with Crippen LogP contribution in [0.25, 0.3) is 0 Å². The summed E-state index contributed by atoms with van der Waals surface area (Å²) in [7, 11) is 0. The molecule has 3 N–H and O–H groups in total. The van der Waals surface area contributed by atoms with Gasteiger partial charge in [0.15, 0.2) is 0 Å². The highest BCUT2D eigenvalue weighted by molar-refractivity contribution is 5.85. The van der Waals surface area contributed by atoms with E-state index in [0.29, 0.717) is 5.41 Å². The smallest absolute Gasteiger partial charge is 0.0670 e. The summed E-state index contributed by atoms with van der Waals surface area (Å²) < 4.78 is 0. The molecule has 0 aromatic rings. The zero-order valence-corrected chi connectivity index (χ0v) is 9.92. The van der Waals surface area contributed by atoms with Gasteiger partial charge in [0.25, 0.3) is 0 Å². The van der Waals surface area contributed by atoms with Crippen LogP contribution in [0.15, 0.2) is 0 Å². The predicted molar refractivity (Wildman–Crippen MR) is 62.5 cm³/mol. The van der Waals surface area contributed by atoms with Gasteiger partial charge in [-0.15, -0.1) is 24.8 Å². The molecule has 0 amide bonds. The molecule has 0 aromatic heterocycles. The average molecular weight is 243 g/mol. The first-order valence-corrected chi connectivity index (χ1v) is 4.90. The molecule has 0 saturated carbocycles. The molecule has 3 nitrogen and oxygen atoms in total. The third-order valence-electron chi connectivity index (χ3n) is 3.21. The number of aliphatic hydroxyl groups is 1. The van der Waals surface area contributed by atoms with Gasteiger partial charge in [-0.05, 0) is 37.8 Å². The van der Waals surface area contributed by atoms with E-state index in [1.54, 1.807) is 0 Å². The van der Waals surface area contributed by atoms with Gasteiger partial charge in [-0.25, -0.2) is 0 Å². The number of piperidine rings is 2. The summed E-state index contributed by atoms with van der Waals surface area (Å²) in [5.41, 5.74) is 0.406. The molecular weight excluding hydrogens is 223 g/mol. The fourth-order valence-electron chi connectivity index (χ4n) is 2.49. The van der Waals surface area contributed by atoms with Crippen LogP contribution >= 0.6 is 24.8 Å². The second-order valence-corrected chi connectivity index (χ2v) is 4.24. The highest BCUT2D eigenvalue weighted by Gasteiger charge is 2.36. The lowest BCUT2D eigenvalue weighted by Crippen LogP contribution is -2.51. The Morgan fingerprint density at radius 1 is 1.07 bits per heavy atom. The number of hydrogen-bond donors (Lipinski definition) is 3. The van der Waals surface area contributed by atoms with Crippen LogP contribution in [-0.2, 0) is 0 Å². The van der Waals surface area contributed by atoms with E-state index < -0.39 is 0 Å². The monoisotopic (exact) mass is 242 g/mol. The third-order valence-corrected chi connectivity index (χ3v) is 3.21. The molecule has 1 atom stereocenters. The van der Waals surface area contributed by atoms with E-state index in [1.165, 1.54) is 12.8 Å². The first kappa shape index (κ1) is 14.5. The SMILES string of the molecule is Cl.Cl.OC1CNCC2(CCNCC2)C1. The van der Waals surface area contributed by atoms with Crippen molar-refractivity contribution in [3.05, 3.63) is 0 Å². The summed E-state index contributed by atoms with van der Waals surface area (Å²) >= 11 is 0. The first-order chi connectivity index (χ1) is 5.81. The van der Waals surface area contributed by atoms with Crippen molar-refractivity contribution in [2.75, 3.05) is 26.2 Å². The Hall–Kier alpha value is 0.460. The second-order valence-electron chi connectivity index (χ2n) is 4.24. The van der Waals surface area contributed by atoms with Gasteiger partial charge < -0.3 is 15.7 Å². The van der Waals surface area contributed by atoms with E-state index >= 15 is 0 Å². The van der Waals surface area contributed by atoms with Gasteiger partial charge in [0.2, 0.25) is 0 Å². The van der Waals surface area contributed by atoms with E-state index in [2.05, 4.69) is 10.6 Å². The Kier molecular flexibility index (Phi) is 6.33. The van der Waals surface area contributed by atoms with Crippen LogP contribution in [0.5, 0.6) is 0 Å². The number of nitrogens with one attached hydrogen (secondary N) is 2. The molecule has 0 aromatic carbocycles. The topological polar surface area (TPSA) is 44.3 Å². The quantitative estimate of drug-likeness (QED) is 0.582. The van der Waals surface area contributed by atoms with Crippen molar-refractivity contribution in [1.82, 2.24) is 10.6 Å².